The van der Waals surface area contributed by atoms with Crippen molar-refractivity contribution in [3.8, 4) is 11.6 Å². The predicted molar refractivity (Wildman–Crippen MR) is 81.3 cm³/mol. The van der Waals surface area contributed by atoms with Crippen molar-refractivity contribution in [3.63, 3.8) is 0 Å². The molecule has 0 radical (unpaired) electrons. The van der Waals surface area contributed by atoms with Crippen molar-refractivity contribution in [2.45, 2.75) is 6.42 Å². The van der Waals surface area contributed by atoms with Crippen LogP contribution in [0.2, 0.25) is 0 Å². The maximum absolute atomic E-state index is 9.12. The molecule has 0 aliphatic heterocycles. The van der Waals surface area contributed by atoms with Gasteiger partial charge in [0, 0.05) is 6.61 Å². The normalized spacial score (nSPS) is 10.7. The van der Waals surface area contributed by atoms with Gasteiger partial charge in [0.15, 0.2) is 0 Å². The second-order valence-corrected chi connectivity index (χ2v) is 4.59. The van der Waals surface area contributed by atoms with E-state index in [-0.39, 0.29) is 12.6 Å². The standard InChI is InChI=1S/C16H15N3O2/c17-16-18-13-7-3-2-6-12(13)15(19-16)21-14-8-4-1-5-11(14)9-10-20/h1-8,20H,9-10H2,(H2,17,18,19). The lowest BCUT2D eigenvalue weighted by Crippen LogP contribution is -2.00. The number of para-hydroxylation sites is 2. The maximum atomic E-state index is 9.12. The molecular weight excluding hydrogens is 266 g/mol. The number of hydrogen-bond donors (Lipinski definition) is 2. The zero-order chi connectivity index (χ0) is 14.7. The number of aliphatic hydroxyl groups is 1. The topological polar surface area (TPSA) is 81.3 Å². The summed E-state index contributed by atoms with van der Waals surface area (Å²) in [7, 11) is 0. The van der Waals surface area contributed by atoms with Crippen LogP contribution in [0.5, 0.6) is 11.6 Å². The molecule has 1 heterocycles. The highest BCUT2D eigenvalue weighted by Gasteiger charge is 2.10. The molecule has 21 heavy (non-hydrogen) atoms. The molecule has 0 amide bonds. The number of anilines is 1. The van der Waals surface area contributed by atoms with Crippen molar-refractivity contribution in [1.29, 1.82) is 0 Å². The van der Waals surface area contributed by atoms with Crippen LogP contribution in [0.15, 0.2) is 48.5 Å². The van der Waals surface area contributed by atoms with Gasteiger partial charge in [-0.1, -0.05) is 30.3 Å². The first-order valence-corrected chi connectivity index (χ1v) is 6.67. The maximum Gasteiger partial charge on any atom is 0.231 e. The Hall–Kier alpha value is -2.66. The fourth-order valence-corrected chi connectivity index (χ4v) is 2.18. The van der Waals surface area contributed by atoms with Crippen molar-refractivity contribution in [2.24, 2.45) is 0 Å². The molecule has 5 heteroatoms. The number of aromatic nitrogens is 2. The molecule has 0 saturated heterocycles. The minimum absolute atomic E-state index is 0.0625. The van der Waals surface area contributed by atoms with Gasteiger partial charge in [-0.25, -0.2) is 4.98 Å². The molecule has 1 aromatic heterocycles. The van der Waals surface area contributed by atoms with Gasteiger partial charge in [0.05, 0.1) is 10.9 Å². The minimum atomic E-state index is 0.0625. The quantitative estimate of drug-likeness (QED) is 0.768. The van der Waals surface area contributed by atoms with E-state index in [4.69, 9.17) is 15.6 Å². The summed E-state index contributed by atoms with van der Waals surface area (Å²) in [4.78, 5) is 8.36. The van der Waals surface area contributed by atoms with Crippen LogP contribution in [-0.4, -0.2) is 21.7 Å². The number of nitrogens with zero attached hydrogens (tertiary/aromatic N) is 2. The van der Waals surface area contributed by atoms with Crippen LogP contribution in [0.4, 0.5) is 5.95 Å². The Balaban J connectivity index is 2.06. The molecule has 0 fully saturated rings. The fraction of sp³-hybridized carbons (Fsp3) is 0.125. The van der Waals surface area contributed by atoms with E-state index in [0.717, 1.165) is 16.5 Å². The first kappa shape index (κ1) is 13.3. The van der Waals surface area contributed by atoms with Crippen LogP contribution in [0.1, 0.15) is 5.56 Å². The summed E-state index contributed by atoms with van der Waals surface area (Å²) in [6.07, 6.45) is 0.522. The molecule has 3 N–H and O–H groups in total. The molecular formula is C16H15N3O2. The zero-order valence-corrected chi connectivity index (χ0v) is 11.4. The first-order chi connectivity index (χ1) is 10.3. The first-order valence-electron chi connectivity index (χ1n) is 6.67. The van der Waals surface area contributed by atoms with E-state index in [0.29, 0.717) is 18.1 Å². The number of benzene rings is 2. The van der Waals surface area contributed by atoms with Crippen LogP contribution in [0.25, 0.3) is 10.9 Å². The average molecular weight is 281 g/mol. The third-order valence-corrected chi connectivity index (χ3v) is 3.15. The average Bonchev–Trinajstić information content (AvgIpc) is 2.49. The highest BCUT2D eigenvalue weighted by molar-refractivity contribution is 5.84. The molecule has 0 bridgehead atoms. The number of fused-ring (bicyclic) bond motifs is 1. The van der Waals surface area contributed by atoms with Gasteiger partial charge in [-0.2, -0.15) is 4.98 Å². The van der Waals surface area contributed by atoms with Gasteiger partial charge >= 0.3 is 0 Å². The van der Waals surface area contributed by atoms with E-state index in [2.05, 4.69) is 9.97 Å². The van der Waals surface area contributed by atoms with Gasteiger partial charge in [-0.05, 0) is 30.2 Å². The molecule has 3 rings (SSSR count). The predicted octanol–water partition coefficient (Wildman–Crippen LogP) is 2.54. The van der Waals surface area contributed by atoms with Crippen LogP contribution in [0, 0.1) is 0 Å². The Morgan fingerprint density at radius 1 is 1.00 bits per heavy atom. The number of nitrogen functional groups attached to an aromatic ring is 1. The van der Waals surface area contributed by atoms with E-state index < -0.39 is 0 Å². The Bertz CT molecular complexity index is 774. The van der Waals surface area contributed by atoms with Crippen LogP contribution < -0.4 is 10.5 Å². The van der Waals surface area contributed by atoms with Crippen LogP contribution >= 0.6 is 0 Å². The van der Waals surface area contributed by atoms with Crippen LogP contribution in [0.3, 0.4) is 0 Å². The highest BCUT2D eigenvalue weighted by Crippen LogP contribution is 2.30. The summed E-state index contributed by atoms with van der Waals surface area (Å²) in [6.45, 7) is 0.0625. The number of ether oxygens (including phenoxy) is 1. The second kappa shape index (κ2) is 5.76. The number of aliphatic hydroxyl groups excluding tert-OH is 1. The minimum Gasteiger partial charge on any atom is -0.438 e. The number of nitrogens with two attached hydrogens (primary N) is 1. The number of rotatable bonds is 4. The second-order valence-electron chi connectivity index (χ2n) is 4.59. The summed E-state index contributed by atoms with van der Waals surface area (Å²) < 4.78 is 5.91. The third-order valence-electron chi connectivity index (χ3n) is 3.15. The van der Waals surface area contributed by atoms with Gasteiger partial charge in [0.2, 0.25) is 11.8 Å². The van der Waals surface area contributed by atoms with E-state index in [1.807, 2.05) is 48.5 Å². The number of hydrogen-bond acceptors (Lipinski definition) is 5. The van der Waals surface area contributed by atoms with E-state index in [1.165, 1.54) is 0 Å². The zero-order valence-electron chi connectivity index (χ0n) is 11.4. The molecule has 2 aromatic carbocycles. The largest absolute Gasteiger partial charge is 0.438 e. The Kier molecular flexibility index (Phi) is 3.66. The van der Waals surface area contributed by atoms with E-state index in [9.17, 15) is 0 Å². The lowest BCUT2D eigenvalue weighted by Gasteiger charge is -2.11. The highest BCUT2D eigenvalue weighted by atomic mass is 16.5. The van der Waals surface area contributed by atoms with Crippen molar-refractivity contribution in [2.75, 3.05) is 12.3 Å². The fourth-order valence-electron chi connectivity index (χ4n) is 2.18. The summed E-state index contributed by atoms with van der Waals surface area (Å²) in [5.74, 6) is 1.25. The molecule has 0 aliphatic rings. The molecule has 0 atom stereocenters. The molecule has 0 spiro atoms. The smallest absolute Gasteiger partial charge is 0.231 e. The Morgan fingerprint density at radius 3 is 2.62 bits per heavy atom. The third kappa shape index (κ3) is 2.78. The van der Waals surface area contributed by atoms with Gasteiger partial charge < -0.3 is 15.6 Å². The Morgan fingerprint density at radius 2 is 1.76 bits per heavy atom. The summed E-state index contributed by atoms with van der Waals surface area (Å²) in [5.41, 5.74) is 7.39. The summed E-state index contributed by atoms with van der Waals surface area (Å²) in [6, 6.07) is 15.1. The molecule has 3 aromatic rings. The van der Waals surface area contributed by atoms with Crippen LogP contribution in [-0.2, 0) is 6.42 Å². The molecule has 0 unspecified atom stereocenters. The molecule has 0 aliphatic carbocycles. The monoisotopic (exact) mass is 281 g/mol. The summed E-state index contributed by atoms with van der Waals surface area (Å²) in [5, 5.41) is 9.92. The van der Waals surface area contributed by atoms with Crippen molar-refractivity contribution in [1.82, 2.24) is 9.97 Å². The van der Waals surface area contributed by atoms with Crippen molar-refractivity contribution >= 4 is 16.9 Å². The van der Waals surface area contributed by atoms with Gasteiger partial charge in [0.25, 0.3) is 0 Å². The lowest BCUT2D eigenvalue weighted by molar-refractivity contribution is 0.297. The van der Waals surface area contributed by atoms with Crippen molar-refractivity contribution in [3.05, 3.63) is 54.1 Å². The lowest BCUT2D eigenvalue weighted by atomic mass is 10.1. The van der Waals surface area contributed by atoms with Gasteiger partial charge in [0.1, 0.15) is 5.75 Å². The van der Waals surface area contributed by atoms with E-state index in [1.54, 1.807) is 0 Å². The van der Waals surface area contributed by atoms with E-state index >= 15 is 0 Å². The van der Waals surface area contributed by atoms with Gasteiger partial charge in [-0.15, -0.1) is 0 Å². The Labute approximate surface area is 122 Å². The molecule has 106 valence electrons. The molecule has 0 saturated carbocycles. The summed E-state index contributed by atoms with van der Waals surface area (Å²) >= 11 is 0. The molecule has 5 nitrogen and oxygen atoms in total. The van der Waals surface area contributed by atoms with Crippen molar-refractivity contribution < 1.29 is 9.84 Å². The SMILES string of the molecule is Nc1nc(Oc2ccccc2CCO)c2ccccc2n1. The van der Waals surface area contributed by atoms with Gasteiger partial charge in [-0.3, -0.25) is 0 Å².